The summed E-state index contributed by atoms with van der Waals surface area (Å²) in [6, 6.07) is 23.8. The highest BCUT2D eigenvalue weighted by Gasteiger charge is 2.23. The molecule has 0 radical (unpaired) electrons. The fourth-order valence-electron chi connectivity index (χ4n) is 5.02. The number of hydrogen-bond donors (Lipinski definition) is 1. The van der Waals surface area contributed by atoms with Crippen molar-refractivity contribution in [1.82, 2.24) is 14.5 Å². The van der Waals surface area contributed by atoms with Gasteiger partial charge in [-0.15, -0.1) is 11.3 Å². The molecule has 0 spiro atoms. The lowest BCUT2D eigenvalue weighted by Gasteiger charge is -2.10. The molecule has 0 unspecified atom stereocenters. The number of nitrogens with one attached hydrogen (secondary N) is 1. The molecule has 6 rings (SSSR count). The zero-order valence-electron chi connectivity index (χ0n) is 22.4. The van der Waals surface area contributed by atoms with E-state index in [4.69, 9.17) is 4.98 Å². The number of hydrogen-bond acceptors (Lipinski definition) is 5. The van der Waals surface area contributed by atoms with E-state index >= 15 is 0 Å². The minimum absolute atomic E-state index is 0.204. The number of aromatic nitrogens is 3. The van der Waals surface area contributed by atoms with E-state index in [-0.39, 0.29) is 5.91 Å². The highest BCUT2D eigenvalue weighted by atomic mass is 32.1. The molecule has 5 aromatic rings. The second-order valence-corrected chi connectivity index (χ2v) is 11.5. The van der Waals surface area contributed by atoms with Crippen molar-refractivity contribution in [3.8, 4) is 16.8 Å². The average molecular weight is 549 g/mol. The van der Waals surface area contributed by atoms with Crippen LogP contribution in [0, 0.1) is 5.92 Å². The highest BCUT2D eigenvalue weighted by molar-refractivity contribution is 7.16. The Bertz CT molecular complexity index is 1630. The molecule has 40 heavy (non-hydrogen) atoms. The number of carbonyl (C=O) groups excluding carboxylic acids is 2. The van der Waals surface area contributed by atoms with Gasteiger partial charge in [-0.25, -0.2) is 9.97 Å². The number of nitrogens with zero attached hydrogens (tertiary/aromatic N) is 3. The van der Waals surface area contributed by atoms with Crippen LogP contribution in [0.4, 0.5) is 5.95 Å². The number of thiazole rings is 1. The molecule has 2 aromatic heterocycles. The summed E-state index contributed by atoms with van der Waals surface area (Å²) >= 11 is 1.61. The molecule has 2 heterocycles. The van der Waals surface area contributed by atoms with Gasteiger partial charge in [0.2, 0.25) is 5.95 Å². The van der Waals surface area contributed by atoms with Crippen LogP contribution in [0.2, 0.25) is 0 Å². The van der Waals surface area contributed by atoms with E-state index < -0.39 is 0 Å². The Balaban J connectivity index is 1.14. The summed E-state index contributed by atoms with van der Waals surface area (Å²) < 4.78 is 3.06. The van der Waals surface area contributed by atoms with Crippen molar-refractivity contribution in [3.05, 3.63) is 95.8 Å². The van der Waals surface area contributed by atoms with Gasteiger partial charge in [0.25, 0.3) is 5.91 Å². The average Bonchev–Trinajstić information content (AvgIpc) is 3.50. The van der Waals surface area contributed by atoms with Crippen LogP contribution in [0.3, 0.4) is 0 Å². The molecule has 1 aliphatic rings. The van der Waals surface area contributed by atoms with Gasteiger partial charge in [-0.3, -0.25) is 19.5 Å². The SMILES string of the molecule is O=C(CCCCCc1cn(-c2ccccc2)c(NC(=O)c2cccc(-c3ccc4ncsc4c3)c2)n1)CC1CC1. The molecule has 1 amide bonds. The van der Waals surface area contributed by atoms with Crippen molar-refractivity contribution in [2.75, 3.05) is 5.32 Å². The summed E-state index contributed by atoms with van der Waals surface area (Å²) in [6.45, 7) is 0. The van der Waals surface area contributed by atoms with E-state index in [9.17, 15) is 9.59 Å². The number of ketones is 1. The highest BCUT2D eigenvalue weighted by Crippen LogP contribution is 2.33. The topological polar surface area (TPSA) is 76.9 Å². The minimum Gasteiger partial charge on any atom is -0.300 e. The van der Waals surface area contributed by atoms with Crippen LogP contribution in [-0.4, -0.2) is 26.2 Å². The third kappa shape index (κ3) is 6.37. The summed E-state index contributed by atoms with van der Waals surface area (Å²) in [7, 11) is 0. The molecule has 1 fully saturated rings. The van der Waals surface area contributed by atoms with Crippen LogP contribution in [0.15, 0.2) is 84.5 Å². The van der Waals surface area contributed by atoms with E-state index in [1.165, 1.54) is 12.8 Å². The van der Waals surface area contributed by atoms with Gasteiger partial charge in [-0.05, 0) is 85.5 Å². The lowest BCUT2D eigenvalue weighted by Crippen LogP contribution is -2.15. The largest absolute Gasteiger partial charge is 0.300 e. The Morgan fingerprint density at radius 3 is 2.62 bits per heavy atom. The standard InChI is InChI=1S/C33H32N4O2S/c38-29(18-23-14-15-23)13-6-1-3-10-27-21-37(28-11-4-2-5-12-28)33(35-27)36-32(39)26-9-7-8-24(19-26)25-16-17-30-31(20-25)40-22-34-30/h2,4-5,7-9,11-12,16-17,19-23H,1,3,6,10,13-15,18H2,(H,35,36,39). The maximum atomic E-state index is 13.4. The van der Waals surface area contributed by atoms with Gasteiger partial charge in [0, 0.05) is 30.3 Å². The van der Waals surface area contributed by atoms with Crippen molar-refractivity contribution in [2.24, 2.45) is 5.92 Å². The Labute approximate surface area is 238 Å². The van der Waals surface area contributed by atoms with Crippen molar-refractivity contribution in [3.63, 3.8) is 0 Å². The van der Waals surface area contributed by atoms with E-state index in [2.05, 4.69) is 16.4 Å². The van der Waals surface area contributed by atoms with Gasteiger partial charge in [0.1, 0.15) is 5.78 Å². The van der Waals surface area contributed by atoms with Crippen molar-refractivity contribution in [2.45, 2.75) is 51.4 Å². The maximum Gasteiger partial charge on any atom is 0.258 e. The number of aryl methyl sites for hydroxylation is 1. The number of Topliss-reactive ketones (excluding diaryl/α,β-unsaturated/α-hetero) is 1. The van der Waals surface area contributed by atoms with Crippen LogP contribution in [-0.2, 0) is 11.2 Å². The summed E-state index contributed by atoms with van der Waals surface area (Å²) in [5, 5.41) is 3.05. The molecule has 0 atom stereocenters. The van der Waals surface area contributed by atoms with E-state index in [0.29, 0.717) is 29.6 Å². The van der Waals surface area contributed by atoms with Crippen LogP contribution < -0.4 is 5.32 Å². The monoisotopic (exact) mass is 548 g/mol. The molecule has 0 saturated heterocycles. The Morgan fingerprint density at radius 2 is 1.77 bits per heavy atom. The molecular formula is C33H32N4O2S. The first-order valence-electron chi connectivity index (χ1n) is 14.0. The number of anilines is 1. The Morgan fingerprint density at radius 1 is 0.925 bits per heavy atom. The normalized spacial score (nSPS) is 13.0. The summed E-state index contributed by atoms with van der Waals surface area (Å²) in [4.78, 5) is 34.6. The zero-order chi connectivity index (χ0) is 27.3. The number of imidazole rings is 1. The molecular weight excluding hydrogens is 516 g/mol. The maximum absolute atomic E-state index is 13.4. The van der Waals surface area contributed by atoms with Gasteiger partial charge in [-0.2, -0.15) is 0 Å². The van der Waals surface area contributed by atoms with Crippen LogP contribution in [0.25, 0.3) is 27.0 Å². The van der Waals surface area contributed by atoms with Crippen LogP contribution in [0.1, 0.15) is 61.0 Å². The fourth-order valence-corrected chi connectivity index (χ4v) is 5.74. The zero-order valence-corrected chi connectivity index (χ0v) is 23.2. The number of unbranched alkanes of at least 4 members (excludes halogenated alkanes) is 2. The predicted octanol–water partition coefficient (Wildman–Crippen LogP) is 7.87. The first kappa shape index (κ1) is 26.1. The molecule has 202 valence electrons. The second kappa shape index (κ2) is 12.0. The van der Waals surface area contributed by atoms with E-state index in [0.717, 1.165) is 64.8 Å². The van der Waals surface area contributed by atoms with Gasteiger partial charge in [0.05, 0.1) is 21.4 Å². The van der Waals surface area contributed by atoms with Crippen molar-refractivity contribution >= 4 is 39.2 Å². The van der Waals surface area contributed by atoms with Gasteiger partial charge >= 0.3 is 0 Å². The first-order chi connectivity index (χ1) is 19.6. The quantitative estimate of drug-likeness (QED) is 0.161. The van der Waals surface area contributed by atoms with E-state index in [1.54, 1.807) is 11.3 Å². The van der Waals surface area contributed by atoms with Gasteiger partial charge < -0.3 is 0 Å². The number of para-hydroxylation sites is 1. The number of carbonyl (C=O) groups is 2. The molecule has 0 aliphatic heterocycles. The molecule has 1 N–H and O–H groups in total. The molecule has 6 nitrogen and oxygen atoms in total. The molecule has 0 bridgehead atoms. The molecule has 1 aliphatic carbocycles. The predicted molar refractivity (Wildman–Crippen MR) is 161 cm³/mol. The summed E-state index contributed by atoms with van der Waals surface area (Å²) in [5.41, 5.74) is 7.29. The number of fused-ring (bicyclic) bond motifs is 1. The number of amides is 1. The Kier molecular flexibility index (Phi) is 7.82. The smallest absolute Gasteiger partial charge is 0.258 e. The van der Waals surface area contributed by atoms with Gasteiger partial charge in [-0.1, -0.05) is 42.8 Å². The van der Waals surface area contributed by atoms with Crippen LogP contribution >= 0.6 is 11.3 Å². The fraction of sp³-hybridized carbons (Fsp3) is 0.273. The Hall–Kier alpha value is -4.10. The third-order valence-corrected chi connectivity index (χ3v) is 8.20. The molecule has 1 saturated carbocycles. The number of rotatable bonds is 12. The molecule has 3 aromatic carbocycles. The lowest BCUT2D eigenvalue weighted by molar-refractivity contribution is -0.119. The van der Waals surface area contributed by atoms with Crippen molar-refractivity contribution < 1.29 is 9.59 Å². The third-order valence-electron chi connectivity index (χ3n) is 7.41. The summed E-state index contributed by atoms with van der Waals surface area (Å²) in [5.74, 6) is 1.37. The second-order valence-electron chi connectivity index (χ2n) is 10.6. The number of benzene rings is 3. The summed E-state index contributed by atoms with van der Waals surface area (Å²) in [6.07, 6.45) is 9.61. The van der Waals surface area contributed by atoms with E-state index in [1.807, 2.05) is 83.0 Å². The first-order valence-corrected chi connectivity index (χ1v) is 14.9. The van der Waals surface area contributed by atoms with Gasteiger partial charge in [0.15, 0.2) is 0 Å². The molecule has 7 heteroatoms. The lowest BCUT2D eigenvalue weighted by atomic mass is 10.0. The minimum atomic E-state index is -0.204. The van der Waals surface area contributed by atoms with Crippen molar-refractivity contribution in [1.29, 1.82) is 0 Å². The van der Waals surface area contributed by atoms with Crippen LogP contribution in [0.5, 0.6) is 0 Å².